The van der Waals surface area contributed by atoms with Crippen LogP contribution >= 0.6 is 0 Å². The smallest absolute Gasteiger partial charge is 0.268 e. The number of fused-ring (bicyclic) bond motifs is 4. The fourth-order valence-corrected chi connectivity index (χ4v) is 10.4. The van der Waals surface area contributed by atoms with Crippen LogP contribution in [0.2, 0.25) is 0 Å². The van der Waals surface area contributed by atoms with Gasteiger partial charge in [-0.25, -0.2) is 4.98 Å². The molecule has 5 nitrogen and oxygen atoms in total. The summed E-state index contributed by atoms with van der Waals surface area (Å²) in [7, 11) is 0. The van der Waals surface area contributed by atoms with Gasteiger partial charge in [0.15, 0.2) is 0 Å². The first-order valence-electron chi connectivity index (χ1n) is 35.9. The molecule has 0 saturated heterocycles. The largest absolute Gasteiger partial charge is 0.510 e. The summed E-state index contributed by atoms with van der Waals surface area (Å²) in [5, 5.41) is 1.44. The Kier molecular flexibility index (Phi) is 9.45. The number of aromatic nitrogens is 4. The van der Waals surface area contributed by atoms with E-state index in [2.05, 4.69) is 78.2 Å². The molecule has 0 aliphatic carbocycles. The summed E-state index contributed by atoms with van der Waals surface area (Å²) in [6.45, 7) is 10.4. The minimum atomic E-state index is -2.85. The van der Waals surface area contributed by atoms with Gasteiger partial charge in [-0.15, -0.1) is 29.7 Å². The van der Waals surface area contributed by atoms with Crippen LogP contribution < -0.4 is 9.30 Å². The van der Waals surface area contributed by atoms with E-state index in [-0.39, 0.29) is 106 Å². The van der Waals surface area contributed by atoms with Gasteiger partial charge in [-0.3, -0.25) is 4.57 Å². The number of pyridine rings is 1. The van der Waals surface area contributed by atoms with Crippen LogP contribution in [0.4, 0.5) is 0 Å². The third-order valence-electron chi connectivity index (χ3n) is 14.6. The molecule has 0 N–H and O–H groups in total. The van der Waals surface area contributed by atoms with Gasteiger partial charge in [0.1, 0.15) is 5.82 Å². The molecule has 406 valence electrons. The number of benzene rings is 9. The zero-order chi connectivity index (χ0) is 72.0. The molecule has 0 amide bonds. The van der Waals surface area contributed by atoms with Gasteiger partial charge in [-0.1, -0.05) is 201 Å². The fraction of sp³-hybridized carbons (Fsp3) is 0.200. The first-order chi connectivity index (χ1) is 46.1. The second-order valence-electron chi connectivity index (χ2n) is 23.2. The van der Waals surface area contributed by atoms with Gasteiger partial charge >= 0.3 is 0 Å². The van der Waals surface area contributed by atoms with Crippen molar-refractivity contribution in [2.45, 2.75) is 99.1 Å². The maximum atomic E-state index is 9.29. The predicted molar refractivity (Wildman–Crippen MR) is 332 cm³/mol. The number of imidazole rings is 1. The first-order valence-corrected chi connectivity index (χ1v) is 26.4. The summed E-state index contributed by atoms with van der Waals surface area (Å²) in [6, 6.07) is 38.5. The van der Waals surface area contributed by atoms with Crippen LogP contribution in [0.25, 0.3) is 94.5 Å². The minimum Gasteiger partial charge on any atom is -0.510 e. The molecule has 0 bridgehead atoms. The fourth-order valence-electron chi connectivity index (χ4n) is 10.4. The van der Waals surface area contributed by atoms with E-state index >= 15 is 0 Å². The van der Waals surface area contributed by atoms with Crippen LogP contribution in [0.1, 0.15) is 122 Å². The monoisotopic (exact) mass is 1250 g/mol. The van der Waals surface area contributed by atoms with Crippen LogP contribution in [0, 0.1) is 39.0 Å². The van der Waals surface area contributed by atoms with E-state index in [0.29, 0.717) is 55.5 Å². The Hall–Kier alpha value is -8.11. The van der Waals surface area contributed by atoms with Crippen molar-refractivity contribution in [2.75, 3.05) is 0 Å². The van der Waals surface area contributed by atoms with Crippen molar-refractivity contribution in [1.29, 1.82) is 0 Å². The van der Waals surface area contributed by atoms with Crippen molar-refractivity contribution >= 4 is 32.8 Å². The molecule has 9 aromatic carbocycles. The number of hydrogen-bond acceptors (Lipinski definition) is 2. The summed E-state index contributed by atoms with van der Waals surface area (Å²) in [4.78, 5) is 4.72. The maximum Gasteiger partial charge on any atom is 0.268 e. The maximum absolute atomic E-state index is 9.29. The Morgan fingerprint density at radius 3 is 1.88 bits per heavy atom. The van der Waals surface area contributed by atoms with Crippen LogP contribution in [-0.2, 0) is 37.3 Å². The van der Waals surface area contributed by atoms with E-state index in [4.69, 9.17) is 33.0 Å². The quantitative estimate of drug-likeness (QED) is 0.107. The van der Waals surface area contributed by atoms with Crippen LogP contribution in [-0.4, -0.2) is 14.1 Å². The molecule has 0 fully saturated rings. The normalized spacial score (nSPS) is 15.9. The van der Waals surface area contributed by atoms with Crippen LogP contribution in [0.5, 0.6) is 11.5 Å². The topological polar surface area (TPSA) is 35.9 Å². The van der Waals surface area contributed by atoms with Gasteiger partial charge in [0.2, 0.25) is 0 Å². The van der Waals surface area contributed by atoms with Crippen molar-refractivity contribution in [3.8, 4) is 73.2 Å². The number of nitrogens with zero attached hydrogens (tertiary/aromatic N) is 4. The molecule has 12 rings (SSSR count). The number of hydrogen-bond donors (Lipinski definition) is 0. The molecule has 3 aromatic heterocycles. The molecule has 3 heterocycles. The second kappa shape index (κ2) is 21.1. The Morgan fingerprint density at radius 1 is 0.531 bits per heavy atom. The van der Waals surface area contributed by atoms with Crippen LogP contribution in [0.3, 0.4) is 0 Å². The van der Waals surface area contributed by atoms with Crippen molar-refractivity contribution in [3.05, 3.63) is 246 Å². The molecule has 0 atom stereocenters. The van der Waals surface area contributed by atoms with Gasteiger partial charge in [-0.05, 0) is 144 Å². The van der Waals surface area contributed by atoms with Gasteiger partial charge in [0.25, 0.3) is 6.33 Å². The van der Waals surface area contributed by atoms with Gasteiger partial charge in [-0.2, -0.15) is 18.2 Å². The molecule has 81 heavy (non-hydrogen) atoms. The molecular weight excluding hydrogens is 1170 g/mol. The zero-order valence-electron chi connectivity index (χ0n) is 65.2. The number of para-hydroxylation sites is 1. The third kappa shape index (κ3) is 10.4. The molecule has 0 aliphatic rings. The first kappa shape index (κ1) is 36.3. The number of ether oxygens (including phenoxy) is 1. The molecule has 0 saturated carbocycles. The molecule has 0 spiro atoms. The Balaban J connectivity index is 0.0000101. The van der Waals surface area contributed by atoms with E-state index in [1.54, 1.807) is 51.6 Å². The Morgan fingerprint density at radius 2 is 1.20 bits per heavy atom. The second-order valence-corrected chi connectivity index (χ2v) is 23.2. The van der Waals surface area contributed by atoms with E-state index in [9.17, 15) is 2.74 Å². The van der Waals surface area contributed by atoms with E-state index in [1.165, 1.54) is 30.5 Å². The van der Waals surface area contributed by atoms with Crippen molar-refractivity contribution < 1.29 is 56.4 Å². The summed E-state index contributed by atoms with van der Waals surface area (Å²) in [5.74, 6) is 0.494. The average Bonchev–Trinajstić information content (AvgIpc) is 1.41. The SMILES string of the molecule is [2H]c1c([2H])c([2H])c(-c2cc(-c3cc(C(C)(C)C)cc(C(C)(C)C)c3)c(-[n+]3[c-]n(-c4[c-]c(Oc5[c-]c6c(cc5)c5ccccc5n6-c5cc(C([2H])([2H])[2H])c(-c6c([2H])c([2H])c([2H])c([2H])c6[2H])cn5)ccc4)c4cc(-c5c(C([2H])([2H])[2H])cccc5C([2H])([2H])[2H])ccc43)c(C(C)(C)C)c2)c([2H])c1[2H].[Pt]. The van der Waals surface area contributed by atoms with Crippen molar-refractivity contribution in [1.82, 2.24) is 14.1 Å². The standard InChI is InChI=1S/C75H68N4O.Pt/c1-48-23-21-24-49(2)71(48)53-33-36-67-69(42-53)77(47-78(67)72-63(55-38-56(73(4,5)6)43-57(39-55)74(7,8)9)40-54(41-65(72)75(10,11)12)51-25-15-13-16-26-51)58-29-22-30-59(44-58)80-60-34-35-62-61-31-19-20-32-66(61)79(68(62)45-60)70-37-50(3)64(46-76-70)52-27-17-14-18-28-52;/h13-43,46H,1-12H3;/q-2;/i1D3,2D3,3D3,13D,14D,15D,16D,17D,18D,25D,26D,27D,28D;. The van der Waals surface area contributed by atoms with Gasteiger partial charge in [0.05, 0.1) is 30.4 Å². The molecule has 0 unspecified atom stereocenters. The Labute approximate surface area is 519 Å². The van der Waals surface area contributed by atoms with E-state index in [1.807, 2.05) is 67.8 Å². The van der Waals surface area contributed by atoms with E-state index in [0.717, 1.165) is 22.1 Å². The van der Waals surface area contributed by atoms with E-state index < -0.39 is 74.3 Å². The summed E-state index contributed by atoms with van der Waals surface area (Å²) < 4.78 is 177. The molecule has 12 aromatic rings. The number of rotatable bonds is 9. The summed E-state index contributed by atoms with van der Waals surface area (Å²) in [6.07, 6.45) is 4.88. The predicted octanol–water partition coefficient (Wildman–Crippen LogP) is 19.1. The molecule has 0 aliphatic heterocycles. The zero-order valence-corrected chi connectivity index (χ0v) is 48.5. The van der Waals surface area contributed by atoms with Crippen molar-refractivity contribution in [3.63, 3.8) is 0 Å². The van der Waals surface area contributed by atoms with Crippen molar-refractivity contribution in [2.24, 2.45) is 0 Å². The Bertz CT molecular complexity index is 5210. The summed E-state index contributed by atoms with van der Waals surface area (Å²) >= 11 is 0. The molecule has 0 radical (unpaired) electrons. The number of aryl methyl sites for hydroxylation is 3. The van der Waals surface area contributed by atoms with Gasteiger partial charge < -0.3 is 13.9 Å². The minimum absolute atomic E-state index is 0. The van der Waals surface area contributed by atoms with Crippen LogP contribution in [0.15, 0.2) is 194 Å². The summed E-state index contributed by atoms with van der Waals surface area (Å²) in [5.41, 5.74) is 4.99. The third-order valence-corrected chi connectivity index (χ3v) is 14.6. The molecular formula is C75H68N4OPt-2. The molecule has 6 heteroatoms. The van der Waals surface area contributed by atoms with Gasteiger partial charge in [0, 0.05) is 62.2 Å². The average molecular weight is 1260 g/mol.